The monoisotopic (exact) mass is 1720 g/mol. The molecule has 0 aliphatic rings. The predicted octanol–water partition coefficient (Wildman–Crippen LogP) is 13.3. The molecule has 0 atom stereocenters. The number of phenolic OH excluding ortho intramolecular Hbond substituents is 12. The number of benzene rings is 6. The van der Waals surface area contributed by atoms with Gasteiger partial charge in [0.05, 0.1) is 98.4 Å². The topological polar surface area (TPSA) is 760 Å². The minimum absolute atomic E-state index is 0.113. The second-order valence-corrected chi connectivity index (χ2v) is 24.5. The zero-order valence-electron chi connectivity index (χ0n) is 64.1. The van der Waals surface area contributed by atoms with E-state index in [2.05, 4.69) is 45.1 Å². The normalized spacial score (nSPS) is 10.9. The van der Waals surface area contributed by atoms with Crippen LogP contribution in [0.2, 0.25) is 0 Å². The van der Waals surface area contributed by atoms with Gasteiger partial charge in [-0.15, -0.1) is 5.10 Å². The Bertz CT molecular complexity index is 5940. The number of hydrogen-bond donors (Lipinski definition) is 12. The van der Waals surface area contributed by atoms with E-state index in [0.29, 0.717) is 22.5 Å². The van der Waals surface area contributed by atoms with Crippen molar-refractivity contribution in [2.45, 2.75) is 6.92 Å². The lowest BCUT2D eigenvalue weighted by Crippen LogP contribution is -1.91. The number of aromatic hydroxyl groups is 12. The van der Waals surface area contributed by atoms with E-state index in [9.17, 15) is 127 Å². The summed E-state index contributed by atoms with van der Waals surface area (Å²) in [6.45, 7) is 1.86. The number of aromatic nitrogens is 9. The summed E-state index contributed by atoms with van der Waals surface area (Å²) < 4.78 is 0. The van der Waals surface area contributed by atoms with Gasteiger partial charge < -0.3 is 61.3 Å². The zero-order chi connectivity index (χ0) is 93.3. The zero-order valence-corrected chi connectivity index (χ0v) is 64.1. The van der Waals surface area contributed by atoms with Crippen molar-refractivity contribution in [2.75, 3.05) is 0 Å². The number of nitro groups is 6. The highest BCUT2D eigenvalue weighted by molar-refractivity contribution is 5.94. The standard InChI is InChI=1S/C15H11N3O4.2C14H9N3O4.3C13H8N4O4/c1-9-2-3-12(17-8-9)11(7-16)4-10-5-13(18(21)22)15(20)14(19)6-10;15-8-11(10-1-3-16-4-2-10)5-9-6-12(17(20)21)14(19)13(18)7-9;15-7-11(10-2-1-3-16-8-10)4-9-5-12(17(20)21)14(19)13(18)6-9;14-6-9(10-7-15-1-2-16-10)3-8-4-11(17(20)21)13(19)12(18)5-8;14-6-9(10-1-2-15-7-16-10)3-8-4-11(17(20)21)13(19)12(18)5-8;14-7-9(10-2-1-3-15-16-10)4-8-5-11(17(20)21)13(19)12(18)6-8/h2-6,8,19-20H,1H3;1-7,18-19H;1-6,8,18-19H;2*1-5,7,18-19H;1-6,18-19H/b11-4+;11-5+;11-4+;2*9-3+;9-4+. The van der Waals surface area contributed by atoms with Gasteiger partial charge in [0.2, 0.25) is 34.5 Å². The lowest BCUT2D eigenvalue weighted by atomic mass is 10.0. The average molecular weight is 1720 g/mol. The third-order valence-electron chi connectivity index (χ3n) is 16.0. The summed E-state index contributed by atoms with van der Waals surface area (Å²) in [7, 11) is 0. The predicted molar refractivity (Wildman–Crippen MR) is 443 cm³/mol. The highest BCUT2D eigenvalue weighted by Crippen LogP contribution is 2.43. The van der Waals surface area contributed by atoms with Gasteiger partial charge in [-0.25, -0.2) is 9.97 Å². The van der Waals surface area contributed by atoms with Crippen LogP contribution in [0.1, 0.15) is 72.8 Å². The molecule has 12 rings (SSSR count). The van der Waals surface area contributed by atoms with Gasteiger partial charge in [0.1, 0.15) is 36.3 Å². The van der Waals surface area contributed by atoms with E-state index in [1.165, 1.54) is 98.4 Å². The van der Waals surface area contributed by atoms with E-state index in [1.807, 2.05) is 43.3 Å². The Kier molecular flexibility index (Phi) is 32.5. The van der Waals surface area contributed by atoms with Crippen LogP contribution in [0.5, 0.6) is 69.0 Å². The number of allylic oxidation sites excluding steroid dienone is 6. The summed E-state index contributed by atoms with van der Waals surface area (Å²) in [6.07, 6.45) is 24.0. The van der Waals surface area contributed by atoms with Crippen LogP contribution in [0.15, 0.2) is 196 Å². The van der Waals surface area contributed by atoms with E-state index in [4.69, 9.17) is 26.3 Å². The number of nitro benzene ring substituents is 6. The molecule has 0 amide bonds. The molecular formula is C82H53N21O24. The van der Waals surface area contributed by atoms with E-state index >= 15 is 0 Å². The van der Waals surface area contributed by atoms with Gasteiger partial charge in [-0.1, -0.05) is 12.1 Å². The van der Waals surface area contributed by atoms with E-state index in [1.54, 1.807) is 60.9 Å². The Morgan fingerprint density at radius 2 is 0.622 bits per heavy atom. The molecule has 0 fully saturated rings. The summed E-state index contributed by atoms with van der Waals surface area (Å²) in [5.74, 6) is -8.71. The van der Waals surface area contributed by atoms with Gasteiger partial charge in [0.25, 0.3) is 0 Å². The first-order chi connectivity index (χ1) is 60.5. The smallest absolute Gasteiger partial charge is 0.315 e. The third-order valence-corrected chi connectivity index (χ3v) is 16.0. The number of hydrogen-bond acceptors (Lipinski definition) is 39. The van der Waals surface area contributed by atoms with Crippen LogP contribution in [0.3, 0.4) is 0 Å². The largest absolute Gasteiger partial charge is 0.504 e. The Morgan fingerprint density at radius 1 is 0.299 bits per heavy atom. The van der Waals surface area contributed by atoms with Crippen molar-refractivity contribution in [2.24, 2.45) is 0 Å². The molecule has 6 aromatic heterocycles. The lowest BCUT2D eigenvalue weighted by molar-refractivity contribution is -0.386. The number of rotatable bonds is 18. The molecule has 0 aliphatic carbocycles. The van der Waals surface area contributed by atoms with E-state index < -0.39 is 133 Å². The SMILES string of the molecule is Cc1ccc(/C(C#N)=C/c2cc(O)c(O)c([N+](=O)[O-])c2)nc1.N#C/C(=C\c1cc(O)c(O)c([N+](=O)[O-])c1)c1cccnc1.N#C/C(=C\c1cc(O)c(O)c([N+](=O)[O-])c1)c1cccnn1.N#C/C(=C\c1cc(O)c(O)c([N+](=O)[O-])c1)c1ccncc1.N#C/C(=C\c1cc(O)c(O)c([N+](=O)[O-])c1)c1ccncn1.N#C/C(=C\c1cc(O)c(O)c([N+](=O)[O-])c1)c1cnccn1. The van der Waals surface area contributed by atoms with Crippen LogP contribution in [0, 0.1) is 136 Å². The van der Waals surface area contributed by atoms with E-state index in [-0.39, 0.29) is 78.2 Å². The molecule has 0 aliphatic heterocycles. The van der Waals surface area contributed by atoms with Crippen LogP contribution < -0.4 is 0 Å². The molecule has 0 saturated heterocycles. The molecule has 12 N–H and O–H groups in total. The number of nitrogens with zero attached hydrogens (tertiary/aromatic N) is 21. The van der Waals surface area contributed by atoms with Crippen LogP contribution in [-0.2, 0) is 0 Å². The van der Waals surface area contributed by atoms with Crippen LogP contribution in [-0.4, -0.2) is 136 Å². The Morgan fingerprint density at radius 3 is 0.913 bits per heavy atom. The maximum atomic E-state index is 10.8. The fourth-order valence-electron chi connectivity index (χ4n) is 10.1. The first-order valence-corrected chi connectivity index (χ1v) is 34.5. The maximum Gasteiger partial charge on any atom is 0.315 e. The van der Waals surface area contributed by atoms with Crippen molar-refractivity contribution in [3.05, 3.63) is 329 Å². The molecule has 0 saturated carbocycles. The third kappa shape index (κ3) is 25.7. The number of nitriles is 6. The molecule has 12 aromatic rings. The quantitative estimate of drug-likeness (QED) is 0.0164. The van der Waals surface area contributed by atoms with Gasteiger partial charge >= 0.3 is 34.1 Å². The summed E-state index contributed by atoms with van der Waals surface area (Å²) in [5.41, 5.74) is 1.72. The maximum absolute atomic E-state index is 10.8. The molecule has 0 unspecified atom stereocenters. The van der Waals surface area contributed by atoms with Crippen molar-refractivity contribution in [1.29, 1.82) is 31.6 Å². The first kappa shape index (κ1) is 93.6. The highest BCUT2D eigenvalue weighted by atomic mass is 16.7. The molecule has 0 radical (unpaired) electrons. The molecule has 6 heterocycles. The lowest BCUT2D eigenvalue weighted by Gasteiger charge is -2.03. The van der Waals surface area contributed by atoms with Crippen molar-refractivity contribution >= 4 is 104 Å². The van der Waals surface area contributed by atoms with Crippen LogP contribution in [0.25, 0.3) is 69.9 Å². The van der Waals surface area contributed by atoms with Crippen molar-refractivity contribution in [3.8, 4) is 105 Å². The van der Waals surface area contributed by atoms with Crippen LogP contribution >= 0.6 is 0 Å². The summed E-state index contributed by atoms with van der Waals surface area (Å²) in [4.78, 5) is 87.0. The fraction of sp³-hybridized carbons (Fsp3) is 0.0122. The van der Waals surface area contributed by atoms with Gasteiger partial charge in [0, 0.05) is 97.7 Å². The van der Waals surface area contributed by atoms with E-state index in [0.717, 1.165) is 78.4 Å². The average Bonchev–Trinajstić information content (AvgIpc) is 0.845. The van der Waals surface area contributed by atoms with Gasteiger partial charge in [-0.05, 0) is 167 Å². The molecule has 45 nitrogen and oxygen atoms in total. The Balaban J connectivity index is 0.000000209. The van der Waals surface area contributed by atoms with Gasteiger partial charge in [0.15, 0.2) is 34.5 Å². The van der Waals surface area contributed by atoms with Crippen molar-refractivity contribution < 1.29 is 90.8 Å². The first-order valence-electron chi connectivity index (χ1n) is 34.5. The number of phenols is 12. The second kappa shape index (κ2) is 44.1. The van der Waals surface area contributed by atoms with Crippen LogP contribution in [0.4, 0.5) is 34.1 Å². The Labute approximate surface area is 710 Å². The summed E-state index contributed by atoms with van der Waals surface area (Å²) >= 11 is 0. The molecule has 630 valence electrons. The highest BCUT2D eigenvalue weighted by Gasteiger charge is 2.25. The molecule has 127 heavy (non-hydrogen) atoms. The summed E-state index contributed by atoms with van der Waals surface area (Å²) in [6, 6.07) is 39.3. The molecular weight excluding hydrogens is 1660 g/mol. The minimum Gasteiger partial charge on any atom is -0.504 e. The van der Waals surface area contributed by atoms with Crippen molar-refractivity contribution in [1.82, 2.24) is 45.1 Å². The second-order valence-electron chi connectivity index (χ2n) is 24.5. The van der Waals surface area contributed by atoms with Gasteiger partial charge in [-0.3, -0.25) is 85.6 Å². The summed E-state index contributed by atoms with van der Waals surface area (Å²) in [5, 5.41) is 241. The van der Waals surface area contributed by atoms with Gasteiger partial charge in [-0.2, -0.15) is 36.7 Å². The molecule has 0 bridgehead atoms. The molecule has 0 spiro atoms. The fourth-order valence-corrected chi connectivity index (χ4v) is 10.1. The molecule has 45 heteroatoms. The number of pyridine rings is 3. The minimum atomic E-state index is -0.833. The number of aryl methyl sites for hydroxylation is 1. The van der Waals surface area contributed by atoms with Crippen molar-refractivity contribution in [3.63, 3.8) is 0 Å². The molecule has 6 aromatic carbocycles. The Hall–Kier alpha value is -20.6.